The number of aryl methyl sites for hydroxylation is 3. The summed E-state index contributed by atoms with van der Waals surface area (Å²) >= 11 is 0. The predicted octanol–water partition coefficient (Wildman–Crippen LogP) is 4.21. The summed E-state index contributed by atoms with van der Waals surface area (Å²) in [6.45, 7) is 2.06. The fourth-order valence-corrected chi connectivity index (χ4v) is 3.59. The number of rotatable bonds is 4. The fourth-order valence-electron chi connectivity index (χ4n) is 3.59. The Morgan fingerprint density at radius 3 is 2.26 bits per heavy atom. The van der Waals surface area contributed by atoms with Gasteiger partial charge in [0.05, 0.1) is 5.52 Å². The van der Waals surface area contributed by atoms with Crippen LogP contribution in [-0.2, 0) is 25.0 Å². The molecule has 0 atom stereocenters. The van der Waals surface area contributed by atoms with Crippen molar-refractivity contribution in [2.75, 3.05) is 0 Å². The van der Waals surface area contributed by atoms with Crippen LogP contribution in [0.2, 0.25) is 0 Å². The number of aliphatic hydroxyl groups is 1. The lowest BCUT2D eigenvalue weighted by atomic mass is 9.88. The van der Waals surface area contributed by atoms with Crippen LogP contribution >= 0.6 is 0 Å². The Kier molecular flexibility index (Phi) is 4.57. The minimum absolute atomic E-state index is 0.128. The van der Waals surface area contributed by atoms with Gasteiger partial charge >= 0.3 is 12.4 Å². The van der Waals surface area contributed by atoms with Gasteiger partial charge in [-0.25, -0.2) is 0 Å². The van der Waals surface area contributed by atoms with Crippen LogP contribution in [0.15, 0.2) is 23.0 Å². The van der Waals surface area contributed by atoms with Crippen molar-refractivity contribution >= 4 is 10.9 Å². The number of pyridine rings is 1. The van der Waals surface area contributed by atoms with Crippen LogP contribution in [-0.4, -0.2) is 22.0 Å². The second-order valence-electron chi connectivity index (χ2n) is 6.75. The van der Waals surface area contributed by atoms with E-state index in [4.69, 9.17) is 0 Å². The van der Waals surface area contributed by atoms with E-state index in [1.54, 1.807) is 0 Å². The number of alkyl halides is 6. The molecule has 3 nitrogen and oxygen atoms in total. The van der Waals surface area contributed by atoms with Gasteiger partial charge in [0.2, 0.25) is 0 Å². The summed E-state index contributed by atoms with van der Waals surface area (Å²) in [4.78, 5) is 12.2. The highest BCUT2D eigenvalue weighted by atomic mass is 19.4. The number of aromatic nitrogens is 1. The lowest BCUT2D eigenvalue weighted by molar-refractivity contribution is -0.376. The smallest absolute Gasteiger partial charge is 0.369 e. The van der Waals surface area contributed by atoms with E-state index in [0.717, 1.165) is 18.6 Å². The third-order valence-corrected chi connectivity index (χ3v) is 5.01. The molecular formula is C18H17F6NO2. The van der Waals surface area contributed by atoms with Gasteiger partial charge in [0.25, 0.3) is 11.2 Å². The van der Waals surface area contributed by atoms with Crippen molar-refractivity contribution in [3.8, 4) is 0 Å². The number of halogens is 6. The molecule has 1 aliphatic rings. The molecule has 0 aliphatic carbocycles. The lowest BCUT2D eigenvalue weighted by Gasteiger charge is -2.33. The minimum Gasteiger partial charge on any atom is -0.369 e. The molecule has 0 unspecified atom stereocenters. The molecule has 0 saturated carbocycles. The summed E-state index contributed by atoms with van der Waals surface area (Å²) in [5.74, 6) is 0. The molecule has 2 heterocycles. The molecule has 1 aliphatic heterocycles. The van der Waals surface area contributed by atoms with Crippen LogP contribution in [0.4, 0.5) is 26.3 Å². The largest absolute Gasteiger partial charge is 0.430 e. The molecule has 0 bridgehead atoms. The van der Waals surface area contributed by atoms with Crippen LogP contribution in [0.25, 0.3) is 10.9 Å². The van der Waals surface area contributed by atoms with E-state index in [0.29, 0.717) is 23.9 Å². The summed E-state index contributed by atoms with van der Waals surface area (Å²) < 4.78 is 81.0. The molecule has 1 N–H and O–H groups in total. The molecule has 0 fully saturated rings. The average Bonchev–Trinajstić information content (AvgIpc) is 2.98. The van der Waals surface area contributed by atoms with E-state index in [2.05, 4.69) is 0 Å². The van der Waals surface area contributed by atoms with Gasteiger partial charge in [-0.15, -0.1) is 0 Å². The third-order valence-electron chi connectivity index (χ3n) is 5.01. The van der Waals surface area contributed by atoms with Crippen molar-refractivity contribution in [3.63, 3.8) is 0 Å². The number of hydrogen-bond acceptors (Lipinski definition) is 2. The van der Waals surface area contributed by atoms with Gasteiger partial charge in [0.15, 0.2) is 0 Å². The van der Waals surface area contributed by atoms with Gasteiger partial charge in [0.1, 0.15) is 0 Å². The van der Waals surface area contributed by atoms with Gasteiger partial charge in [-0.1, -0.05) is 19.4 Å². The van der Waals surface area contributed by atoms with Crippen molar-refractivity contribution in [1.29, 1.82) is 0 Å². The maximum absolute atomic E-state index is 13.3. The van der Waals surface area contributed by atoms with E-state index >= 15 is 0 Å². The Bertz CT molecular complexity index is 928. The summed E-state index contributed by atoms with van der Waals surface area (Å²) in [6, 6.07) is 2.71. The topological polar surface area (TPSA) is 42.2 Å². The molecule has 1 aromatic carbocycles. The Morgan fingerprint density at radius 1 is 1.07 bits per heavy atom. The average molecular weight is 393 g/mol. The number of hydrogen-bond donors (Lipinski definition) is 1. The normalized spacial score (nSPS) is 15.0. The van der Waals surface area contributed by atoms with Crippen molar-refractivity contribution < 1.29 is 31.4 Å². The van der Waals surface area contributed by atoms with Gasteiger partial charge < -0.3 is 9.67 Å². The highest BCUT2D eigenvalue weighted by Crippen LogP contribution is 2.51. The molecule has 9 heteroatoms. The number of nitrogens with zero attached hydrogens (tertiary/aromatic N) is 1. The maximum Gasteiger partial charge on any atom is 0.430 e. The molecule has 0 amide bonds. The van der Waals surface area contributed by atoms with E-state index in [1.165, 1.54) is 10.6 Å². The van der Waals surface area contributed by atoms with E-state index < -0.39 is 23.5 Å². The summed E-state index contributed by atoms with van der Waals surface area (Å²) in [6.07, 6.45) is -10.0. The first-order valence-corrected chi connectivity index (χ1v) is 8.47. The highest BCUT2D eigenvalue weighted by molar-refractivity contribution is 5.87. The second kappa shape index (κ2) is 6.25. The number of benzene rings is 1. The molecule has 0 radical (unpaired) electrons. The van der Waals surface area contributed by atoms with Crippen molar-refractivity contribution in [3.05, 3.63) is 45.2 Å². The second-order valence-corrected chi connectivity index (χ2v) is 6.75. The van der Waals surface area contributed by atoms with Crippen LogP contribution in [0.1, 0.15) is 36.5 Å². The SMILES string of the molecule is CCCCc1cc(=O)n2c3c(cc(C(O)(C(F)(F)F)C(F)(F)F)cc13)CC2. The predicted molar refractivity (Wildman–Crippen MR) is 86.5 cm³/mol. The lowest BCUT2D eigenvalue weighted by Crippen LogP contribution is -2.54. The molecule has 148 valence electrons. The van der Waals surface area contributed by atoms with E-state index in [9.17, 15) is 36.2 Å². The minimum atomic E-state index is -5.94. The molecule has 27 heavy (non-hydrogen) atoms. The monoisotopic (exact) mass is 393 g/mol. The van der Waals surface area contributed by atoms with Crippen LogP contribution < -0.4 is 5.56 Å². The van der Waals surface area contributed by atoms with E-state index in [-0.39, 0.29) is 29.5 Å². The first-order chi connectivity index (χ1) is 12.4. The zero-order chi connectivity index (χ0) is 20.2. The Hall–Kier alpha value is -2.03. The third kappa shape index (κ3) is 2.92. The molecule has 1 aromatic heterocycles. The molecule has 3 rings (SSSR count). The van der Waals surface area contributed by atoms with Crippen LogP contribution in [0.3, 0.4) is 0 Å². The molecule has 0 spiro atoms. The molecule has 2 aromatic rings. The zero-order valence-electron chi connectivity index (χ0n) is 14.3. The first kappa shape index (κ1) is 19.7. The maximum atomic E-state index is 13.3. The summed E-state index contributed by atoms with van der Waals surface area (Å²) in [5, 5.41) is 9.91. The van der Waals surface area contributed by atoms with Crippen LogP contribution in [0, 0.1) is 0 Å². The van der Waals surface area contributed by atoms with Crippen molar-refractivity contribution in [2.24, 2.45) is 0 Å². The molecular weight excluding hydrogens is 376 g/mol. The highest BCUT2D eigenvalue weighted by Gasteiger charge is 2.71. The standard InChI is InChI=1S/C18H17F6NO2/c1-2-3-4-10-8-14(26)25-6-5-11-7-12(9-13(10)15(11)25)16(27,17(19,20)21)18(22,23)24/h7-9,27H,2-6H2,1H3. The summed E-state index contributed by atoms with van der Waals surface area (Å²) in [7, 11) is 0. The number of unbranched alkanes of at least 4 members (excludes halogenated alkanes) is 1. The van der Waals surface area contributed by atoms with Crippen LogP contribution in [0.5, 0.6) is 0 Å². The van der Waals surface area contributed by atoms with Crippen molar-refractivity contribution in [1.82, 2.24) is 4.57 Å². The van der Waals surface area contributed by atoms with Gasteiger partial charge in [-0.05, 0) is 36.5 Å². The fraction of sp³-hybridized carbons (Fsp3) is 0.500. The van der Waals surface area contributed by atoms with Gasteiger partial charge in [-0.2, -0.15) is 26.3 Å². The van der Waals surface area contributed by atoms with E-state index in [1.807, 2.05) is 6.92 Å². The Balaban J connectivity index is 2.35. The van der Waals surface area contributed by atoms with Gasteiger partial charge in [0, 0.05) is 23.6 Å². The summed E-state index contributed by atoms with van der Waals surface area (Å²) in [5.41, 5.74) is -5.63. The Labute approximate surface area is 150 Å². The Morgan fingerprint density at radius 2 is 1.70 bits per heavy atom. The van der Waals surface area contributed by atoms with Crippen molar-refractivity contribution in [2.45, 2.75) is 57.1 Å². The zero-order valence-corrected chi connectivity index (χ0v) is 14.3. The first-order valence-electron chi connectivity index (χ1n) is 8.47. The quantitative estimate of drug-likeness (QED) is 0.791. The molecule has 0 saturated heterocycles. The van der Waals surface area contributed by atoms with Gasteiger partial charge in [-0.3, -0.25) is 4.79 Å².